The Labute approximate surface area is 106 Å². The van der Waals surface area contributed by atoms with Gasteiger partial charge in [-0.05, 0) is 30.9 Å². The van der Waals surface area contributed by atoms with Crippen LogP contribution in [0.2, 0.25) is 0 Å². The molecule has 0 bridgehead atoms. The van der Waals surface area contributed by atoms with Gasteiger partial charge in [0, 0.05) is 17.6 Å². The van der Waals surface area contributed by atoms with Gasteiger partial charge in [-0.3, -0.25) is 4.79 Å². The Morgan fingerprint density at radius 2 is 2.28 bits per heavy atom. The number of esters is 1. The number of benzene rings is 1. The number of para-hydroxylation sites is 1. The van der Waals surface area contributed by atoms with Gasteiger partial charge in [0.05, 0.1) is 19.0 Å². The van der Waals surface area contributed by atoms with Crippen molar-refractivity contribution in [3.05, 3.63) is 35.0 Å². The van der Waals surface area contributed by atoms with E-state index in [2.05, 4.69) is 29.7 Å². The zero-order valence-corrected chi connectivity index (χ0v) is 10.8. The average Bonchev–Trinajstić information content (AvgIpc) is 2.67. The molecule has 94 valence electrons. The van der Waals surface area contributed by atoms with Crippen molar-refractivity contribution in [1.29, 1.82) is 0 Å². The van der Waals surface area contributed by atoms with Gasteiger partial charge in [-0.15, -0.1) is 0 Å². The van der Waals surface area contributed by atoms with Crippen LogP contribution in [0.1, 0.15) is 23.2 Å². The van der Waals surface area contributed by atoms with Crippen LogP contribution in [-0.4, -0.2) is 17.6 Å². The highest BCUT2D eigenvalue weighted by atomic mass is 16.5. The van der Waals surface area contributed by atoms with Gasteiger partial charge in [-0.25, -0.2) is 0 Å². The molecule has 0 fully saturated rings. The zero-order valence-electron chi connectivity index (χ0n) is 10.8. The summed E-state index contributed by atoms with van der Waals surface area (Å²) in [6.07, 6.45) is 2.69. The van der Waals surface area contributed by atoms with Crippen molar-refractivity contribution >= 4 is 16.9 Å². The maximum absolute atomic E-state index is 11.5. The first-order valence-corrected chi connectivity index (χ1v) is 6.38. The second-order valence-electron chi connectivity index (χ2n) is 4.89. The fourth-order valence-corrected chi connectivity index (χ4v) is 3.03. The molecule has 0 aliphatic carbocycles. The molecule has 1 aromatic carbocycles. The number of hydrogen-bond donors (Lipinski definition) is 0. The fourth-order valence-electron chi connectivity index (χ4n) is 3.03. The number of carbonyl (C=O) groups excluding carboxylic acids is 1. The lowest BCUT2D eigenvalue weighted by Crippen LogP contribution is -2.09. The van der Waals surface area contributed by atoms with E-state index in [1.165, 1.54) is 35.7 Å². The summed E-state index contributed by atoms with van der Waals surface area (Å²) in [7, 11) is 1.44. The van der Waals surface area contributed by atoms with Crippen molar-refractivity contribution in [2.24, 2.45) is 0 Å². The number of rotatable bonds is 2. The van der Waals surface area contributed by atoms with E-state index < -0.39 is 0 Å². The minimum absolute atomic E-state index is 0.165. The lowest BCUT2D eigenvalue weighted by Gasteiger charge is -2.16. The summed E-state index contributed by atoms with van der Waals surface area (Å²) >= 11 is 0. The van der Waals surface area contributed by atoms with Gasteiger partial charge in [0.1, 0.15) is 0 Å². The van der Waals surface area contributed by atoms with Crippen molar-refractivity contribution in [3.63, 3.8) is 0 Å². The number of ether oxygens (including phenoxy) is 1. The van der Waals surface area contributed by atoms with Crippen LogP contribution in [0, 0.1) is 6.92 Å². The molecule has 2 heterocycles. The molecule has 3 nitrogen and oxygen atoms in total. The normalized spacial score (nSPS) is 13.9. The smallest absolute Gasteiger partial charge is 0.310 e. The molecule has 0 N–H and O–H groups in total. The van der Waals surface area contributed by atoms with Crippen LogP contribution in [0.3, 0.4) is 0 Å². The first-order chi connectivity index (χ1) is 8.72. The largest absolute Gasteiger partial charge is 0.469 e. The summed E-state index contributed by atoms with van der Waals surface area (Å²) in [5.41, 5.74) is 5.06. The van der Waals surface area contributed by atoms with Crippen molar-refractivity contribution in [2.45, 2.75) is 32.7 Å². The summed E-state index contributed by atoms with van der Waals surface area (Å²) < 4.78 is 7.15. The maximum atomic E-state index is 11.5. The monoisotopic (exact) mass is 243 g/mol. The summed E-state index contributed by atoms with van der Waals surface area (Å²) in [6.45, 7) is 3.16. The number of methoxy groups -OCH3 is 1. The molecule has 0 unspecified atom stereocenters. The van der Waals surface area contributed by atoms with Gasteiger partial charge >= 0.3 is 5.97 Å². The Bertz CT molecular complexity index is 625. The number of nitrogens with zero attached hydrogens (tertiary/aromatic N) is 1. The molecular weight excluding hydrogens is 226 g/mol. The van der Waals surface area contributed by atoms with Crippen LogP contribution < -0.4 is 0 Å². The topological polar surface area (TPSA) is 31.2 Å². The highest BCUT2D eigenvalue weighted by molar-refractivity contribution is 5.91. The van der Waals surface area contributed by atoms with E-state index in [-0.39, 0.29) is 5.97 Å². The quantitative estimate of drug-likeness (QED) is 0.759. The van der Waals surface area contributed by atoms with E-state index in [4.69, 9.17) is 4.74 Å². The summed E-state index contributed by atoms with van der Waals surface area (Å²) in [4.78, 5) is 11.5. The van der Waals surface area contributed by atoms with E-state index >= 15 is 0 Å². The van der Waals surface area contributed by atoms with E-state index in [0.717, 1.165) is 18.5 Å². The van der Waals surface area contributed by atoms with Crippen molar-refractivity contribution < 1.29 is 9.53 Å². The van der Waals surface area contributed by atoms with Crippen LogP contribution in [0.4, 0.5) is 0 Å². The van der Waals surface area contributed by atoms with Crippen LogP contribution in [0.15, 0.2) is 18.2 Å². The Kier molecular flexibility index (Phi) is 2.62. The SMILES string of the molecule is COC(=O)Cc1c(C)n2c3c(cccc13)CCC2. The second-order valence-corrected chi connectivity index (χ2v) is 4.89. The van der Waals surface area contributed by atoms with E-state index in [9.17, 15) is 4.79 Å². The molecular formula is C15H17NO2. The lowest BCUT2D eigenvalue weighted by molar-refractivity contribution is -0.139. The minimum atomic E-state index is -0.165. The second kappa shape index (κ2) is 4.16. The van der Waals surface area contributed by atoms with Gasteiger partial charge < -0.3 is 9.30 Å². The highest BCUT2D eigenvalue weighted by Crippen LogP contribution is 2.32. The zero-order chi connectivity index (χ0) is 12.7. The van der Waals surface area contributed by atoms with Crippen LogP contribution in [-0.2, 0) is 28.9 Å². The molecule has 1 aliphatic rings. The highest BCUT2D eigenvalue weighted by Gasteiger charge is 2.20. The predicted molar refractivity (Wildman–Crippen MR) is 70.7 cm³/mol. The number of hydrogen-bond acceptors (Lipinski definition) is 2. The van der Waals surface area contributed by atoms with Gasteiger partial charge in [-0.2, -0.15) is 0 Å². The lowest BCUT2D eigenvalue weighted by atomic mass is 10.0. The molecule has 0 saturated carbocycles. The molecule has 3 rings (SSSR count). The fraction of sp³-hybridized carbons (Fsp3) is 0.400. The minimum Gasteiger partial charge on any atom is -0.469 e. The van der Waals surface area contributed by atoms with Gasteiger partial charge in [0.2, 0.25) is 0 Å². The molecule has 18 heavy (non-hydrogen) atoms. The molecule has 1 aromatic heterocycles. The Morgan fingerprint density at radius 1 is 1.44 bits per heavy atom. The van der Waals surface area contributed by atoms with E-state index in [0.29, 0.717) is 6.42 Å². The Hall–Kier alpha value is -1.77. The summed E-state index contributed by atoms with van der Waals surface area (Å²) in [6, 6.07) is 6.40. The number of aromatic nitrogens is 1. The van der Waals surface area contributed by atoms with Crippen molar-refractivity contribution in [3.8, 4) is 0 Å². The predicted octanol–water partition coefficient (Wildman–Crippen LogP) is 2.61. The van der Waals surface area contributed by atoms with E-state index in [1.54, 1.807) is 0 Å². The van der Waals surface area contributed by atoms with Crippen LogP contribution >= 0.6 is 0 Å². The van der Waals surface area contributed by atoms with Crippen LogP contribution in [0.5, 0.6) is 0 Å². The van der Waals surface area contributed by atoms with Gasteiger partial charge in [-0.1, -0.05) is 18.2 Å². The van der Waals surface area contributed by atoms with Crippen LogP contribution in [0.25, 0.3) is 10.9 Å². The number of carbonyl (C=O) groups is 1. The molecule has 0 saturated heterocycles. The summed E-state index contributed by atoms with van der Waals surface area (Å²) in [5.74, 6) is -0.165. The average molecular weight is 243 g/mol. The standard InChI is InChI=1S/C15H17NO2/c1-10-13(9-14(17)18-2)12-7-3-5-11-6-4-8-16(10)15(11)12/h3,5,7H,4,6,8-9H2,1-2H3. The third kappa shape index (κ3) is 1.54. The van der Waals surface area contributed by atoms with Gasteiger partial charge in [0.15, 0.2) is 0 Å². The molecule has 1 aliphatic heterocycles. The molecule has 0 radical (unpaired) electrons. The molecule has 3 heteroatoms. The molecule has 0 spiro atoms. The Balaban J connectivity index is 2.24. The van der Waals surface area contributed by atoms with Crippen molar-refractivity contribution in [1.82, 2.24) is 4.57 Å². The summed E-state index contributed by atoms with van der Waals surface area (Å²) in [5, 5.41) is 1.22. The van der Waals surface area contributed by atoms with Crippen molar-refractivity contribution in [2.75, 3.05) is 7.11 Å². The third-order valence-corrected chi connectivity index (χ3v) is 3.93. The maximum Gasteiger partial charge on any atom is 0.310 e. The first-order valence-electron chi connectivity index (χ1n) is 6.38. The number of aryl methyl sites for hydroxylation is 2. The third-order valence-electron chi connectivity index (χ3n) is 3.93. The molecule has 0 amide bonds. The molecule has 2 aromatic rings. The van der Waals surface area contributed by atoms with Gasteiger partial charge in [0.25, 0.3) is 0 Å². The Morgan fingerprint density at radius 3 is 3.06 bits per heavy atom. The van der Waals surface area contributed by atoms with E-state index in [1.807, 2.05) is 0 Å². The first kappa shape index (κ1) is 11.3. The molecule has 0 atom stereocenters.